The van der Waals surface area contributed by atoms with Crippen LogP contribution in [0.25, 0.3) is 0 Å². The molecule has 1 aromatic rings. The first-order valence-corrected chi connectivity index (χ1v) is 6.48. The number of carbonyl (C=O) groups excluding carboxylic acids is 1. The van der Waals surface area contributed by atoms with Gasteiger partial charge < -0.3 is 9.80 Å². The lowest BCUT2D eigenvalue weighted by Gasteiger charge is -2.16. The summed E-state index contributed by atoms with van der Waals surface area (Å²) >= 11 is 1.81. The summed E-state index contributed by atoms with van der Waals surface area (Å²) in [5, 5.41) is 0. The predicted octanol–water partition coefficient (Wildman–Crippen LogP) is 1.90. The van der Waals surface area contributed by atoms with Crippen molar-refractivity contribution in [3.05, 3.63) is 29.8 Å². The van der Waals surface area contributed by atoms with E-state index in [4.69, 9.17) is 0 Å². The second kappa shape index (κ2) is 4.78. The lowest BCUT2D eigenvalue weighted by molar-refractivity contribution is 0.0803. The number of amides is 1. The lowest BCUT2D eigenvalue weighted by atomic mass is 10.2. The molecule has 1 saturated heterocycles. The highest BCUT2D eigenvalue weighted by atomic mass is 32.2. The Morgan fingerprint density at radius 1 is 1.31 bits per heavy atom. The summed E-state index contributed by atoms with van der Waals surface area (Å²) in [7, 11) is 3.99. The normalized spacial score (nSPS) is 15.2. The van der Waals surface area contributed by atoms with E-state index in [0.717, 1.165) is 29.4 Å². The second-order valence-electron chi connectivity index (χ2n) is 4.05. The van der Waals surface area contributed by atoms with Crippen LogP contribution in [0.2, 0.25) is 0 Å². The average Bonchev–Trinajstić information content (AvgIpc) is 2.81. The van der Waals surface area contributed by atoms with Gasteiger partial charge in [0.05, 0.1) is 5.88 Å². The number of benzene rings is 1. The van der Waals surface area contributed by atoms with Gasteiger partial charge in [-0.1, -0.05) is 0 Å². The third kappa shape index (κ3) is 2.32. The topological polar surface area (TPSA) is 23.6 Å². The van der Waals surface area contributed by atoms with E-state index in [1.807, 2.05) is 59.9 Å². The number of rotatable bonds is 2. The summed E-state index contributed by atoms with van der Waals surface area (Å²) in [5.74, 6) is 2.03. The molecule has 1 aliphatic rings. The van der Waals surface area contributed by atoms with Gasteiger partial charge in [-0.15, -0.1) is 11.8 Å². The third-order valence-electron chi connectivity index (χ3n) is 2.67. The summed E-state index contributed by atoms with van der Waals surface area (Å²) in [4.78, 5) is 16.0. The molecule has 4 heteroatoms. The highest BCUT2D eigenvalue weighted by molar-refractivity contribution is 7.99. The molecule has 1 amide bonds. The average molecular weight is 236 g/mol. The van der Waals surface area contributed by atoms with Gasteiger partial charge >= 0.3 is 0 Å². The van der Waals surface area contributed by atoms with Gasteiger partial charge in [0, 0.05) is 37.6 Å². The summed E-state index contributed by atoms with van der Waals surface area (Å²) in [6, 6.07) is 7.77. The van der Waals surface area contributed by atoms with Crippen molar-refractivity contribution in [2.75, 3.05) is 37.2 Å². The van der Waals surface area contributed by atoms with E-state index in [2.05, 4.69) is 0 Å². The van der Waals surface area contributed by atoms with Gasteiger partial charge in [0.1, 0.15) is 0 Å². The highest BCUT2D eigenvalue weighted by Crippen LogP contribution is 2.18. The zero-order valence-corrected chi connectivity index (χ0v) is 10.5. The first-order valence-electron chi connectivity index (χ1n) is 5.33. The Morgan fingerprint density at radius 3 is 2.50 bits per heavy atom. The van der Waals surface area contributed by atoms with E-state index in [9.17, 15) is 4.79 Å². The van der Waals surface area contributed by atoms with Gasteiger partial charge in [-0.3, -0.25) is 4.79 Å². The van der Waals surface area contributed by atoms with Crippen LogP contribution >= 0.6 is 11.8 Å². The van der Waals surface area contributed by atoms with Gasteiger partial charge in [-0.05, 0) is 24.3 Å². The molecule has 0 aromatic heterocycles. The molecule has 1 heterocycles. The van der Waals surface area contributed by atoms with Crippen LogP contribution in [0.3, 0.4) is 0 Å². The van der Waals surface area contributed by atoms with E-state index in [-0.39, 0.29) is 5.91 Å². The molecule has 0 aliphatic carbocycles. The molecule has 0 bridgehead atoms. The maximum atomic E-state index is 12.0. The van der Waals surface area contributed by atoms with Crippen molar-refractivity contribution in [1.29, 1.82) is 0 Å². The van der Waals surface area contributed by atoms with Crippen LogP contribution in [0, 0.1) is 0 Å². The molecule has 86 valence electrons. The molecule has 0 unspecified atom stereocenters. The van der Waals surface area contributed by atoms with Crippen LogP contribution in [-0.4, -0.2) is 43.1 Å². The van der Waals surface area contributed by atoms with Crippen molar-refractivity contribution < 1.29 is 4.79 Å². The molecule has 0 spiro atoms. The minimum Gasteiger partial charge on any atom is -0.378 e. The standard InChI is InChI=1S/C12H16N2OS/c1-13(2)11-5-3-10(4-6-11)12(15)14-7-8-16-9-14/h3-6H,7-9H2,1-2H3. The summed E-state index contributed by atoms with van der Waals surface area (Å²) in [6.45, 7) is 0.874. The Balaban J connectivity index is 2.11. The molecule has 0 N–H and O–H groups in total. The molecule has 0 atom stereocenters. The van der Waals surface area contributed by atoms with Crippen LogP contribution in [0.4, 0.5) is 5.69 Å². The molecule has 1 aliphatic heterocycles. The molecular formula is C12H16N2OS. The van der Waals surface area contributed by atoms with E-state index >= 15 is 0 Å². The molecule has 0 saturated carbocycles. The van der Waals surface area contributed by atoms with E-state index < -0.39 is 0 Å². The van der Waals surface area contributed by atoms with Crippen molar-refractivity contribution in [2.24, 2.45) is 0 Å². The second-order valence-corrected chi connectivity index (χ2v) is 5.12. The lowest BCUT2D eigenvalue weighted by Crippen LogP contribution is -2.27. The number of carbonyl (C=O) groups is 1. The fourth-order valence-electron chi connectivity index (χ4n) is 1.66. The molecular weight excluding hydrogens is 220 g/mol. The fourth-order valence-corrected chi connectivity index (χ4v) is 2.60. The molecule has 0 radical (unpaired) electrons. The molecule has 1 fully saturated rings. The number of hydrogen-bond donors (Lipinski definition) is 0. The van der Waals surface area contributed by atoms with Crippen LogP contribution < -0.4 is 4.90 Å². The van der Waals surface area contributed by atoms with Gasteiger partial charge in [-0.2, -0.15) is 0 Å². The molecule has 1 aromatic carbocycles. The number of hydrogen-bond acceptors (Lipinski definition) is 3. The monoisotopic (exact) mass is 236 g/mol. The van der Waals surface area contributed by atoms with Crippen molar-refractivity contribution in [2.45, 2.75) is 0 Å². The maximum Gasteiger partial charge on any atom is 0.254 e. The molecule has 3 nitrogen and oxygen atoms in total. The number of nitrogens with zero attached hydrogens (tertiary/aromatic N) is 2. The zero-order chi connectivity index (χ0) is 11.5. The quantitative estimate of drug-likeness (QED) is 0.783. The first kappa shape index (κ1) is 11.3. The highest BCUT2D eigenvalue weighted by Gasteiger charge is 2.19. The van der Waals surface area contributed by atoms with Crippen LogP contribution in [0.1, 0.15) is 10.4 Å². The number of anilines is 1. The van der Waals surface area contributed by atoms with Crippen LogP contribution in [0.15, 0.2) is 24.3 Å². The third-order valence-corrected chi connectivity index (χ3v) is 3.64. The Kier molecular flexibility index (Phi) is 3.39. The summed E-state index contributed by atoms with van der Waals surface area (Å²) < 4.78 is 0. The van der Waals surface area contributed by atoms with Gasteiger partial charge in [0.25, 0.3) is 5.91 Å². The van der Waals surface area contributed by atoms with Gasteiger partial charge in [0.2, 0.25) is 0 Å². The fraction of sp³-hybridized carbons (Fsp3) is 0.417. The van der Waals surface area contributed by atoms with Crippen LogP contribution in [0.5, 0.6) is 0 Å². The molecule has 16 heavy (non-hydrogen) atoms. The Morgan fingerprint density at radius 2 is 2.00 bits per heavy atom. The predicted molar refractivity (Wildman–Crippen MR) is 69.1 cm³/mol. The van der Waals surface area contributed by atoms with E-state index in [0.29, 0.717) is 0 Å². The minimum absolute atomic E-state index is 0.148. The Bertz CT molecular complexity index is 369. The zero-order valence-electron chi connectivity index (χ0n) is 9.64. The summed E-state index contributed by atoms with van der Waals surface area (Å²) in [6.07, 6.45) is 0. The van der Waals surface area contributed by atoms with Crippen molar-refractivity contribution in [1.82, 2.24) is 4.90 Å². The Labute approximate surface area is 100 Å². The summed E-state index contributed by atoms with van der Waals surface area (Å²) in [5.41, 5.74) is 1.90. The van der Waals surface area contributed by atoms with Gasteiger partial charge in [0.15, 0.2) is 0 Å². The van der Waals surface area contributed by atoms with Gasteiger partial charge in [-0.25, -0.2) is 0 Å². The smallest absolute Gasteiger partial charge is 0.254 e. The number of thioether (sulfide) groups is 1. The van der Waals surface area contributed by atoms with Crippen LogP contribution in [-0.2, 0) is 0 Å². The SMILES string of the molecule is CN(C)c1ccc(C(=O)N2CCSC2)cc1. The van der Waals surface area contributed by atoms with Crippen molar-refractivity contribution in [3.63, 3.8) is 0 Å². The molecule has 2 rings (SSSR count). The minimum atomic E-state index is 0.148. The van der Waals surface area contributed by atoms with Crippen molar-refractivity contribution in [3.8, 4) is 0 Å². The van der Waals surface area contributed by atoms with E-state index in [1.54, 1.807) is 0 Å². The largest absolute Gasteiger partial charge is 0.378 e. The maximum absolute atomic E-state index is 12.0. The van der Waals surface area contributed by atoms with Crippen molar-refractivity contribution >= 4 is 23.4 Å². The Hall–Kier alpha value is -1.16. The van der Waals surface area contributed by atoms with E-state index in [1.165, 1.54) is 0 Å². The first-order chi connectivity index (χ1) is 7.68.